The number of rotatable bonds is 5. The summed E-state index contributed by atoms with van der Waals surface area (Å²) in [7, 11) is -5.31. The van der Waals surface area contributed by atoms with Crippen LogP contribution in [0.25, 0.3) is 0 Å². The van der Waals surface area contributed by atoms with E-state index in [1.54, 1.807) is 0 Å². The lowest BCUT2D eigenvalue weighted by Gasteiger charge is -2.14. The molecule has 0 saturated carbocycles. The molecule has 0 aromatic heterocycles. The molecule has 1 aromatic rings. The molecule has 7 heteroatoms. The number of benzene rings is 1. The molecule has 0 fully saturated rings. The van der Waals surface area contributed by atoms with Gasteiger partial charge in [-0.25, -0.2) is 8.42 Å². The topological polar surface area (TPSA) is 46.2 Å². The van der Waals surface area contributed by atoms with E-state index in [-0.39, 0.29) is 6.04 Å². The van der Waals surface area contributed by atoms with Crippen molar-refractivity contribution in [3.63, 3.8) is 0 Å². The number of hydrogen-bond acceptors (Lipinski definition) is 3. The first kappa shape index (κ1) is 16.4. The summed E-state index contributed by atoms with van der Waals surface area (Å²) in [5.41, 5.74) is -4.83. The molecule has 20 heavy (non-hydrogen) atoms. The van der Waals surface area contributed by atoms with E-state index in [1.165, 1.54) is 12.1 Å². The number of halogens is 3. The van der Waals surface area contributed by atoms with E-state index in [9.17, 15) is 21.6 Å². The third kappa shape index (κ3) is 3.67. The Kier molecular flexibility index (Phi) is 5.06. The van der Waals surface area contributed by atoms with Gasteiger partial charge in [0.15, 0.2) is 0 Å². The Balaban J connectivity index is 2.93. The minimum Gasteiger partial charge on any atom is -0.372 e. The van der Waals surface area contributed by atoms with Gasteiger partial charge < -0.3 is 5.32 Å². The fourth-order valence-electron chi connectivity index (χ4n) is 1.55. The van der Waals surface area contributed by atoms with Gasteiger partial charge in [-0.3, -0.25) is 0 Å². The van der Waals surface area contributed by atoms with Crippen LogP contribution in [0.2, 0.25) is 0 Å². The Bertz CT molecular complexity index is 586. The summed E-state index contributed by atoms with van der Waals surface area (Å²) in [5, 5.41) is 2.93. The summed E-state index contributed by atoms with van der Waals surface area (Å²) in [6.45, 7) is 1.95. The van der Waals surface area contributed by atoms with Gasteiger partial charge in [0.25, 0.3) is 9.84 Å². The van der Waals surface area contributed by atoms with Crippen LogP contribution in [0, 0.1) is 12.3 Å². The summed E-state index contributed by atoms with van der Waals surface area (Å²) >= 11 is 0. The van der Waals surface area contributed by atoms with Gasteiger partial charge in [0.2, 0.25) is 0 Å². The predicted octanol–water partition coefficient (Wildman–Crippen LogP) is 3.19. The molecular formula is C13H14F3NO2S. The third-order valence-corrected chi connectivity index (χ3v) is 4.09. The first-order valence-electron chi connectivity index (χ1n) is 5.86. The maximum Gasteiger partial charge on any atom is 0.501 e. The van der Waals surface area contributed by atoms with Crippen LogP contribution in [-0.4, -0.2) is 20.0 Å². The van der Waals surface area contributed by atoms with Crippen LogP contribution >= 0.6 is 0 Å². The van der Waals surface area contributed by atoms with Crippen molar-refractivity contribution in [2.75, 3.05) is 5.32 Å². The van der Waals surface area contributed by atoms with Crippen LogP contribution in [0.1, 0.15) is 19.8 Å². The second-order valence-corrected chi connectivity index (χ2v) is 6.07. The number of nitrogens with one attached hydrogen (secondary N) is 1. The first-order chi connectivity index (χ1) is 9.22. The monoisotopic (exact) mass is 305 g/mol. The van der Waals surface area contributed by atoms with Gasteiger partial charge in [-0.05, 0) is 30.7 Å². The van der Waals surface area contributed by atoms with Crippen LogP contribution in [0.4, 0.5) is 18.9 Å². The maximum absolute atomic E-state index is 12.4. The average Bonchev–Trinajstić information content (AvgIpc) is 2.37. The number of sulfone groups is 1. The van der Waals surface area contributed by atoms with Crippen molar-refractivity contribution in [2.24, 2.45) is 0 Å². The SMILES string of the molecule is C#CC(CCC)Nc1ccc(S(=O)(=O)C(F)(F)F)cc1. The highest BCUT2D eigenvalue weighted by molar-refractivity contribution is 7.92. The van der Waals surface area contributed by atoms with Crippen molar-refractivity contribution >= 4 is 15.5 Å². The lowest BCUT2D eigenvalue weighted by Crippen LogP contribution is -2.23. The summed E-state index contributed by atoms with van der Waals surface area (Å²) in [6.07, 6.45) is 6.86. The minimum absolute atomic E-state index is 0.245. The van der Waals surface area contributed by atoms with Crippen molar-refractivity contribution in [3.05, 3.63) is 24.3 Å². The second-order valence-electron chi connectivity index (χ2n) is 4.13. The van der Waals surface area contributed by atoms with Crippen molar-refractivity contribution in [3.8, 4) is 12.3 Å². The average molecular weight is 305 g/mol. The van der Waals surface area contributed by atoms with Crippen LogP contribution in [0.15, 0.2) is 29.2 Å². The zero-order chi connectivity index (χ0) is 15.4. The standard InChI is InChI=1S/C13H14F3NO2S/c1-3-5-10(4-2)17-11-6-8-12(9-7-11)20(18,19)13(14,15)16/h2,6-10,17H,3,5H2,1H3. The molecule has 0 saturated heterocycles. The maximum atomic E-state index is 12.4. The fraction of sp³-hybridized carbons (Fsp3) is 0.385. The van der Waals surface area contributed by atoms with E-state index < -0.39 is 20.2 Å². The van der Waals surface area contributed by atoms with Crippen molar-refractivity contribution < 1.29 is 21.6 Å². The van der Waals surface area contributed by atoms with Crippen molar-refractivity contribution in [2.45, 2.75) is 36.2 Å². The number of alkyl halides is 3. The van der Waals surface area contributed by atoms with Gasteiger partial charge in [-0.2, -0.15) is 13.2 Å². The molecule has 0 heterocycles. The molecule has 1 aromatic carbocycles. The zero-order valence-electron chi connectivity index (χ0n) is 10.7. The van der Waals surface area contributed by atoms with E-state index in [4.69, 9.17) is 6.42 Å². The van der Waals surface area contributed by atoms with E-state index in [0.29, 0.717) is 12.1 Å². The van der Waals surface area contributed by atoms with E-state index in [1.807, 2.05) is 6.92 Å². The highest BCUT2D eigenvalue weighted by Crippen LogP contribution is 2.30. The van der Waals surface area contributed by atoms with Crippen LogP contribution in [0.5, 0.6) is 0 Å². The fourth-order valence-corrected chi connectivity index (χ4v) is 2.31. The first-order valence-corrected chi connectivity index (χ1v) is 7.34. The summed E-state index contributed by atoms with van der Waals surface area (Å²) < 4.78 is 59.4. The molecule has 0 amide bonds. The number of terminal acetylenes is 1. The smallest absolute Gasteiger partial charge is 0.372 e. The van der Waals surface area contributed by atoms with Gasteiger partial charge in [-0.15, -0.1) is 6.42 Å². The molecule has 110 valence electrons. The largest absolute Gasteiger partial charge is 0.501 e. The molecule has 0 radical (unpaired) electrons. The molecule has 1 rings (SSSR count). The Labute approximate surface area is 116 Å². The normalized spacial score (nSPS) is 13.6. The van der Waals surface area contributed by atoms with Crippen LogP contribution in [-0.2, 0) is 9.84 Å². The van der Waals surface area contributed by atoms with Gasteiger partial charge >= 0.3 is 5.51 Å². The predicted molar refractivity (Wildman–Crippen MR) is 70.8 cm³/mol. The lowest BCUT2D eigenvalue weighted by atomic mass is 10.1. The molecule has 1 unspecified atom stereocenters. The molecule has 3 nitrogen and oxygen atoms in total. The molecule has 0 aliphatic heterocycles. The molecule has 1 atom stereocenters. The van der Waals surface area contributed by atoms with Gasteiger partial charge in [-0.1, -0.05) is 19.3 Å². The van der Waals surface area contributed by atoms with E-state index in [2.05, 4.69) is 11.2 Å². The van der Waals surface area contributed by atoms with Crippen LogP contribution < -0.4 is 5.32 Å². The zero-order valence-corrected chi connectivity index (χ0v) is 11.6. The highest BCUT2D eigenvalue weighted by atomic mass is 32.2. The lowest BCUT2D eigenvalue weighted by molar-refractivity contribution is -0.0436. The van der Waals surface area contributed by atoms with Crippen molar-refractivity contribution in [1.82, 2.24) is 0 Å². The molecule has 0 aliphatic rings. The van der Waals surface area contributed by atoms with Crippen LogP contribution in [0.3, 0.4) is 0 Å². The molecule has 0 bridgehead atoms. The minimum atomic E-state index is -5.31. The number of anilines is 1. The van der Waals surface area contributed by atoms with Gasteiger partial charge in [0.05, 0.1) is 10.9 Å². The van der Waals surface area contributed by atoms with Crippen molar-refractivity contribution in [1.29, 1.82) is 0 Å². The Hall–Kier alpha value is -1.68. The summed E-state index contributed by atoms with van der Waals surface area (Å²) in [4.78, 5) is -0.789. The molecular weight excluding hydrogens is 291 g/mol. The Morgan fingerprint density at radius 3 is 2.25 bits per heavy atom. The van der Waals surface area contributed by atoms with E-state index in [0.717, 1.165) is 18.6 Å². The Morgan fingerprint density at radius 1 is 1.30 bits per heavy atom. The van der Waals surface area contributed by atoms with Gasteiger partial charge in [0, 0.05) is 5.69 Å². The summed E-state index contributed by atoms with van der Waals surface area (Å²) in [5.74, 6) is 2.51. The third-order valence-electron chi connectivity index (χ3n) is 2.59. The molecule has 0 aliphatic carbocycles. The second kappa shape index (κ2) is 6.18. The van der Waals surface area contributed by atoms with Gasteiger partial charge in [0.1, 0.15) is 0 Å². The quantitative estimate of drug-likeness (QED) is 0.850. The molecule has 0 spiro atoms. The molecule has 1 N–H and O–H groups in total. The Morgan fingerprint density at radius 2 is 1.85 bits per heavy atom. The number of hydrogen-bond donors (Lipinski definition) is 1. The van der Waals surface area contributed by atoms with E-state index >= 15 is 0 Å². The summed E-state index contributed by atoms with van der Waals surface area (Å²) in [6, 6.07) is 4.09. The highest BCUT2D eigenvalue weighted by Gasteiger charge is 2.46.